The fourth-order valence-electron chi connectivity index (χ4n) is 4.47. The average molecular weight is 463 g/mol. The second-order valence-electron chi connectivity index (χ2n) is 8.39. The van der Waals surface area contributed by atoms with E-state index in [2.05, 4.69) is 30.3 Å². The van der Waals surface area contributed by atoms with Gasteiger partial charge in [-0.15, -0.1) is 11.8 Å². The number of thioether (sulfide) groups is 1. The first kappa shape index (κ1) is 24.4. The Morgan fingerprint density at radius 1 is 1.06 bits per heavy atom. The molecule has 2 unspecified atom stereocenters. The summed E-state index contributed by atoms with van der Waals surface area (Å²) in [4.78, 5) is 13.8. The lowest BCUT2D eigenvalue weighted by Crippen LogP contribution is -2.26. The van der Waals surface area contributed by atoms with Crippen LogP contribution in [0, 0.1) is 11.8 Å². The normalized spacial score (nSPS) is 17.9. The second kappa shape index (κ2) is 12.1. The lowest BCUT2D eigenvalue weighted by Gasteiger charge is -2.28. The number of hydrogen-bond acceptors (Lipinski definition) is 5. The zero-order chi connectivity index (χ0) is 22.1. The van der Waals surface area contributed by atoms with Crippen molar-refractivity contribution in [3.05, 3.63) is 42.5 Å². The van der Waals surface area contributed by atoms with E-state index in [0.29, 0.717) is 24.6 Å². The van der Waals surface area contributed by atoms with Crippen molar-refractivity contribution in [2.24, 2.45) is 11.8 Å². The molecule has 3 rings (SSSR count). The van der Waals surface area contributed by atoms with E-state index in [1.165, 1.54) is 30.0 Å². The van der Waals surface area contributed by atoms with Crippen LogP contribution in [0.5, 0.6) is 0 Å². The number of carbonyl (C=O) groups excluding carboxylic acids is 1. The lowest BCUT2D eigenvalue weighted by atomic mass is 9.83. The van der Waals surface area contributed by atoms with Crippen molar-refractivity contribution in [2.75, 3.05) is 24.9 Å². The smallest absolute Gasteiger partial charge is 0.309 e. The van der Waals surface area contributed by atoms with Crippen LogP contribution < -0.4 is 0 Å². The molecule has 0 aromatic heterocycles. The number of benzene rings is 2. The Balaban J connectivity index is 1.70. The van der Waals surface area contributed by atoms with Gasteiger partial charge >= 0.3 is 5.97 Å². The third-order valence-electron chi connectivity index (χ3n) is 5.97. The number of rotatable bonds is 11. The Kier molecular flexibility index (Phi) is 9.49. The molecule has 0 N–H and O–H groups in total. The molecule has 1 fully saturated rings. The van der Waals surface area contributed by atoms with Crippen LogP contribution in [0.4, 0.5) is 0 Å². The van der Waals surface area contributed by atoms with Gasteiger partial charge in [-0.1, -0.05) is 62.4 Å². The van der Waals surface area contributed by atoms with Crippen LogP contribution in [0.3, 0.4) is 0 Å². The quantitative estimate of drug-likeness (QED) is 0.198. The summed E-state index contributed by atoms with van der Waals surface area (Å²) in [5, 5.41) is 2.36. The molecule has 31 heavy (non-hydrogen) atoms. The molecule has 1 aliphatic rings. The van der Waals surface area contributed by atoms with Gasteiger partial charge in [0.25, 0.3) is 0 Å². The maximum absolute atomic E-state index is 13.8. The molecule has 0 saturated heterocycles. The molecular weight excluding hydrogens is 427 g/mol. The molecule has 2 aromatic rings. The third kappa shape index (κ3) is 7.37. The van der Waals surface area contributed by atoms with Crippen LogP contribution in [0.25, 0.3) is 10.8 Å². The molecule has 1 saturated carbocycles. The van der Waals surface area contributed by atoms with Gasteiger partial charge in [0, 0.05) is 11.1 Å². The van der Waals surface area contributed by atoms with Crippen LogP contribution in [0.1, 0.15) is 52.4 Å². The van der Waals surface area contributed by atoms with Crippen LogP contribution in [0.2, 0.25) is 0 Å². The van der Waals surface area contributed by atoms with Crippen LogP contribution in [0.15, 0.2) is 47.4 Å². The van der Waals surface area contributed by atoms with Crippen LogP contribution >= 0.6 is 19.1 Å². The van der Waals surface area contributed by atoms with E-state index in [0.717, 1.165) is 24.2 Å². The fourth-order valence-corrected chi connectivity index (χ4v) is 8.50. The Morgan fingerprint density at radius 3 is 2.52 bits per heavy atom. The molecule has 1 aliphatic carbocycles. The maximum atomic E-state index is 13.8. The minimum atomic E-state index is -2.98. The van der Waals surface area contributed by atoms with Crippen LogP contribution in [-0.4, -0.2) is 30.8 Å². The van der Waals surface area contributed by atoms with Gasteiger partial charge in [0.1, 0.15) is 0 Å². The topological polar surface area (TPSA) is 52.6 Å². The number of ether oxygens (including phenoxy) is 1. The van der Waals surface area contributed by atoms with Gasteiger partial charge in [-0.3, -0.25) is 9.36 Å². The molecule has 0 aliphatic heterocycles. The third-order valence-corrected chi connectivity index (χ3v) is 10.4. The van der Waals surface area contributed by atoms with Gasteiger partial charge in [0.05, 0.1) is 24.6 Å². The SMILES string of the molecule is CCOC(=O)C(CC1CCCCC1)CP(=O)(CSc1ccc2ccccc2c1)OCC. The minimum Gasteiger partial charge on any atom is -0.466 e. The zero-order valence-corrected chi connectivity index (χ0v) is 20.5. The Bertz CT molecular complexity index is 894. The van der Waals surface area contributed by atoms with E-state index < -0.39 is 7.37 Å². The van der Waals surface area contributed by atoms with Crippen molar-refractivity contribution in [1.82, 2.24) is 0 Å². The highest BCUT2D eigenvalue weighted by Gasteiger charge is 2.34. The standard InChI is InChI=1S/C25H35O4PS/c1-3-28-25(26)23(16-20-10-6-5-7-11-20)18-30(27,29-4-2)19-31-24-15-14-21-12-8-9-13-22(21)17-24/h8-9,12-15,17,20,23H,3-7,10-11,16,18-19H2,1-2H3. The van der Waals surface area contributed by atoms with Gasteiger partial charge in [0.15, 0.2) is 0 Å². The largest absolute Gasteiger partial charge is 0.466 e. The highest BCUT2D eigenvalue weighted by molar-refractivity contribution is 8.05. The molecule has 0 heterocycles. The first-order valence-electron chi connectivity index (χ1n) is 11.5. The van der Waals surface area contributed by atoms with E-state index in [-0.39, 0.29) is 18.0 Å². The van der Waals surface area contributed by atoms with E-state index >= 15 is 0 Å². The maximum Gasteiger partial charge on any atom is 0.309 e. The average Bonchev–Trinajstić information content (AvgIpc) is 2.78. The summed E-state index contributed by atoms with van der Waals surface area (Å²) in [6.45, 7) is 4.43. The van der Waals surface area contributed by atoms with Crippen LogP contribution in [-0.2, 0) is 18.6 Å². The summed E-state index contributed by atoms with van der Waals surface area (Å²) in [5.41, 5.74) is 0.375. The zero-order valence-electron chi connectivity index (χ0n) is 18.8. The number of carbonyl (C=O) groups is 1. The summed E-state index contributed by atoms with van der Waals surface area (Å²) in [5.74, 6) is -0.0484. The molecule has 0 spiro atoms. The first-order valence-corrected chi connectivity index (χ1v) is 14.5. The fraction of sp³-hybridized carbons (Fsp3) is 0.560. The molecular formula is C25H35O4PS. The van der Waals surface area contributed by atoms with Crippen molar-refractivity contribution >= 4 is 35.9 Å². The minimum absolute atomic E-state index is 0.219. The molecule has 6 heteroatoms. The highest BCUT2D eigenvalue weighted by Crippen LogP contribution is 2.53. The summed E-state index contributed by atoms with van der Waals surface area (Å²) < 4.78 is 24.9. The van der Waals surface area contributed by atoms with Gasteiger partial charge in [-0.2, -0.15) is 0 Å². The van der Waals surface area contributed by atoms with Crippen molar-refractivity contribution in [3.8, 4) is 0 Å². The summed E-state index contributed by atoms with van der Waals surface area (Å²) >= 11 is 1.56. The molecule has 0 radical (unpaired) electrons. The van der Waals surface area contributed by atoms with E-state index in [9.17, 15) is 9.36 Å². The van der Waals surface area contributed by atoms with E-state index in [4.69, 9.17) is 9.26 Å². The number of esters is 1. The predicted molar refractivity (Wildman–Crippen MR) is 130 cm³/mol. The Labute approximate surface area is 190 Å². The number of fused-ring (bicyclic) bond motifs is 1. The highest BCUT2D eigenvalue weighted by atomic mass is 32.2. The Morgan fingerprint density at radius 2 is 1.81 bits per heavy atom. The van der Waals surface area contributed by atoms with Gasteiger partial charge in [-0.25, -0.2) is 0 Å². The van der Waals surface area contributed by atoms with Crippen molar-refractivity contribution in [3.63, 3.8) is 0 Å². The molecule has 2 atom stereocenters. The lowest BCUT2D eigenvalue weighted by molar-refractivity contribution is -0.148. The van der Waals surface area contributed by atoms with Crippen molar-refractivity contribution in [2.45, 2.75) is 57.3 Å². The summed E-state index contributed by atoms with van der Waals surface area (Å²) in [6, 6.07) is 14.5. The monoisotopic (exact) mass is 462 g/mol. The van der Waals surface area contributed by atoms with E-state index in [1.807, 2.05) is 26.0 Å². The summed E-state index contributed by atoms with van der Waals surface area (Å²) in [7, 11) is -2.98. The molecule has 0 amide bonds. The summed E-state index contributed by atoms with van der Waals surface area (Å²) in [6.07, 6.45) is 7.07. The van der Waals surface area contributed by atoms with Gasteiger partial charge < -0.3 is 9.26 Å². The molecule has 0 bridgehead atoms. The first-order chi connectivity index (χ1) is 15.0. The molecule has 4 nitrogen and oxygen atoms in total. The predicted octanol–water partition coefficient (Wildman–Crippen LogP) is 7.35. The van der Waals surface area contributed by atoms with Crippen molar-refractivity contribution in [1.29, 1.82) is 0 Å². The van der Waals surface area contributed by atoms with Gasteiger partial charge in [0.2, 0.25) is 7.37 Å². The van der Waals surface area contributed by atoms with Gasteiger partial charge in [-0.05, 0) is 49.1 Å². The number of hydrogen-bond donors (Lipinski definition) is 0. The molecule has 170 valence electrons. The van der Waals surface area contributed by atoms with E-state index in [1.54, 1.807) is 11.8 Å². The molecule has 2 aromatic carbocycles. The Hall–Kier alpha value is -1.29. The van der Waals surface area contributed by atoms with Crippen molar-refractivity contribution < 1.29 is 18.6 Å². The second-order valence-corrected chi connectivity index (χ2v) is 12.4.